The molecular weight excluding hydrogens is 158 g/mol. The fourth-order valence-corrected chi connectivity index (χ4v) is 1.50. The molecule has 1 heterocycles. The van der Waals surface area contributed by atoms with Gasteiger partial charge in [0.15, 0.2) is 0 Å². The summed E-state index contributed by atoms with van der Waals surface area (Å²) in [6.45, 7) is 5.67. The second kappa shape index (κ2) is 4.46. The van der Waals surface area contributed by atoms with E-state index in [2.05, 4.69) is 18.8 Å². The summed E-state index contributed by atoms with van der Waals surface area (Å²) in [6.07, 6.45) is 2.96. The van der Waals surface area contributed by atoms with Gasteiger partial charge in [-0.05, 0) is 13.3 Å². The maximum atomic E-state index is 5.33. The van der Waals surface area contributed by atoms with Crippen molar-refractivity contribution in [2.45, 2.75) is 26.9 Å². The Labute approximate surface area is 71.2 Å². The maximum absolute atomic E-state index is 5.33. The number of nitrogens with zero attached hydrogens (tertiary/aromatic N) is 1. The van der Waals surface area contributed by atoms with Crippen molar-refractivity contribution in [2.24, 2.45) is 0 Å². The van der Waals surface area contributed by atoms with Gasteiger partial charge >= 0.3 is 0 Å². The molecule has 0 bridgehead atoms. The molecule has 0 aliphatic carbocycles. The first-order chi connectivity index (χ1) is 5.33. The first-order valence-corrected chi connectivity index (χ1v) is 4.63. The van der Waals surface area contributed by atoms with Gasteiger partial charge in [-0.3, -0.25) is 0 Å². The monoisotopic (exact) mass is 171 g/mol. The van der Waals surface area contributed by atoms with Crippen molar-refractivity contribution in [1.29, 1.82) is 0 Å². The van der Waals surface area contributed by atoms with Crippen LogP contribution in [0.1, 0.15) is 23.2 Å². The predicted molar refractivity (Wildman–Crippen MR) is 46.8 cm³/mol. The van der Waals surface area contributed by atoms with Crippen molar-refractivity contribution in [2.75, 3.05) is 6.61 Å². The Hall–Kier alpha value is -0.410. The lowest BCUT2D eigenvalue weighted by atomic mass is 10.5. The molecule has 0 saturated heterocycles. The van der Waals surface area contributed by atoms with Crippen LogP contribution in [0, 0.1) is 6.92 Å². The van der Waals surface area contributed by atoms with E-state index in [1.54, 1.807) is 11.3 Å². The molecule has 0 radical (unpaired) electrons. The third-order valence-electron chi connectivity index (χ3n) is 1.24. The number of rotatable bonds is 4. The third-order valence-corrected chi connectivity index (χ3v) is 2.13. The molecule has 0 amide bonds. The van der Waals surface area contributed by atoms with Crippen molar-refractivity contribution in [3.8, 4) is 0 Å². The van der Waals surface area contributed by atoms with Crippen LogP contribution in [0.5, 0.6) is 0 Å². The number of ether oxygens (including phenoxy) is 1. The van der Waals surface area contributed by atoms with Gasteiger partial charge in [-0.2, -0.15) is 0 Å². The zero-order chi connectivity index (χ0) is 8.10. The highest BCUT2D eigenvalue weighted by atomic mass is 32.1. The van der Waals surface area contributed by atoms with Gasteiger partial charge in [0.2, 0.25) is 0 Å². The Morgan fingerprint density at radius 3 is 3.00 bits per heavy atom. The SMILES string of the molecule is CCCOCc1ncc(C)s1. The Kier molecular flexibility index (Phi) is 3.52. The smallest absolute Gasteiger partial charge is 0.119 e. The van der Waals surface area contributed by atoms with E-state index in [1.807, 2.05) is 6.20 Å². The minimum atomic E-state index is 0.673. The fourth-order valence-electron chi connectivity index (χ4n) is 0.772. The molecule has 1 rings (SSSR count). The summed E-state index contributed by atoms with van der Waals surface area (Å²) in [7, 11) is 0. The predicted octanol–water partition coefficient (Wildman–Crippen LogP) is 2.38. The summed E-state index contributed by atoms with van der Waals surface area (Å²) in [5.74, 6) is 0. The Balaban J connectivity index is 2.27. The van der Waals surface area contributed by atoms with E-state index in [-0.39, 0.29) is 0 Å². The zero-order valence-electron chi connectivity index (χ0n) is 6.96. The summed E-state index contributed by atoms with van der Waals surface area (Å²) in [5, 5.41) is 1.08. The van der Waals surface area contributed by atoms with Gasteiger partial charge < -0.3 is 4.74 Å². The number of hydrogen-bond donors (Lipinski definition) is 0. The standard InChI is InChI=1S/C8H13NOS/c1-3-4-10-6-8-9-5-7(2)11-8/h5H,3-4,6H2,1-2H3. The third kappa shape index (κ3) is 2.99. The quantitative estimate of drug-likeness (QED) is 0.649. The summed E-state index contributed by atoms with van der Waals surface area (Å²) in [6, 6.07) is 0. The molecule has 1 aromatic rings. The van der Waals surface area contributed by atoms with Crippen LogP contribution in [0.2, 0.25) is 0 Å². The molecule has 0 aromatic carbocycles. The van der Waals surface area contributed by atoms with Crippen LogP contribution in [-0.4, -0.2) is 11.6 Å². The molecule has 0 fully saturated rings. The van der Waals surface area contributed by atoms with Crippen LogP contribution in [0.25, 0.3) is 0 Å². The Morgan fingerprint density at radius 2 is 2.45 bits per heavy atom. The van der Waals surface area contributed by atoms with Crippen LogP contribution in [0.3, 0.4) is 0 Å². The van der Waals surface area contributed by atoms with E-state index in [1.165, 1.54) is 4.88 Å². The molecule has 0 spiro atoms. The molecule has 11 heavy (non-hydrogen) atoms. The molecule has 0 N–H and O–H groups in total. The van der Waals surface area contributed by atoms with Crippen LogP contribution in [0.15, 0.2) is 6.20 Å². The summed E-state index contributed by atoms with van der Waals surface area (Å²) < 4.78 is 5.33. The first-order valence-electron chi connectivity index (χ1n) is 3.82. The van der Waals surface area contributed by atoms with E-state index < -0.39 is 0 Å². The highest BCUT2D eigenvalue weighted by Crippen LogP contribution is 2.11. The van der Waals surface area contributed by atoms with E-state index >= 15 is 0 Å². The number of aryl methyl sites for hydroxylation is 1. The highest BCUT2D eigenvalue weighted by Gasteiger charge is 1.96. The molecule has 2 nitrogen and oxygen atoms in total. The fraction of sp³-hybridized carbons (Fsp3) is 0.625. The average Bonchev–Trinajstić information content (AvgIpc) is 2.37. The summed E-state index contributed by atoms with van der Waals surface area (Å²) in [4.78, 5) is 5.43. The molecule has 3 heteroatoms. The molecule has 62 valence electrons. The van der Waals surface area contributed by atoms with Crippen LogP contribution < -0.4 is 0 Å². The molecule has 0 aliphatic heterocycles. The number of thiazole rings is 1. The van der Waals surface area contributed by atoms with E-state index in [4.69, 9.17) is 4.74 Å². The van der Waals surface area contributed by atoms with Gasteiger partial charge in [0.05, 0.1) is 6.61 Å². The largest absolute Gasteiger partial charge is 0.374 e. The zero-order valence-corrected chi connectivity index (χ0v) is 7.78. The van der Waals surface area contributed by atoms with Crippen LogP contribution in [0.4, 0.5) is 0 Å². The van der Waals surface area contributed by atoms with Crippen molar-refractivity contribution >= 4 is 11.3 Å². The lowest BCUT2D eigenvalue weighted by Gasteiger charge is -1.96. The lowest BCUT2D eigenvalue weighted by molar-refractivity contribution is 0.121. The molecule has 0 aliphatic rings. The molecule has 0 unspecified atom stereocenters. The normalized spacial score (nSPS) is 10.4. The topological polar surface area (TPSA) is 22.1 Å². The minimum Gasteiger partial charge on any atom is -0.374 e. The first kappa shape index (κ1) is 8.68. The van der Waals surface area contributed by atoms with Gasteiger partial charge in [0.1, 0.15) is 5.01 Å². The van der Waals surface area contributed by atoms with Crippen molar-refractivity contribution in [3.63, 3.8) is 0 Å². The second-order valence-electron chi connectivity index (χ2n) is 2.42. The van der Waals surface area contributed by atoms with Gasteiger partial charge in [-0.25, -0.2) is 4.98 Å². The van der Waals surface area contributed by atoms with Gasteiger partial charge in [0.25, 0.3) is 0 Å². The van der Waals surface area contributed by atoms with Crippen molar-refractivity contribution in [3.05, 3.63) is 16.1 Å². The van der Waals surface area contributed by atoms with E-state index in [0.717, 1.165) is 18.0 Å². The van der Waals surface area contributed by atoms with E-state index in [9.17, 15) is 0 Å². The van der Waals surface area contributed by atoms with Crippen LogP contribution >= 0.6 is 11.3 Å². The molecule has 1 aromatic heterocycles. The lowest BCUT2D eigenvalue weighted by Crippen LogP contribution is -1.92. The Morgan fingerprint density at radius 1 is 1.64 bits per heavy atom. The summed E-state index contributed by atoms with van der Waals surface area (Å²) >= 11 is 1.70. The van der Waals surface area contributed by atoms with Gasteiger partial charge in [0, 0.05) is 17.7 Å². The molecule has 0 atom stereocenters. The summed E-state index contributed by atoms with van der Waals surface area (Å²) in [5.41, 5.74) is 0. The van der Waals surface area contributed by atoms with Gasteiger partial charge in [-0.15, -0.1) is 11.3 Å². The van der Waals surface area contributed by atoms with E-state index in [0.29, 0.717) is 6.61 Å². The molecular formula is C8H13NOS. The second-order valence-corrected chi connectivity index (χ2v) is 3.74. The number of aromatic nitrogens is 1. The minimum absolute atomic E-state index is 0.673. The molecule has 0 saturated carbocycles. The maximum Gasteiger partial charge on any atom is 0.119 e. The average molecular weight is 171 g/mol. The van der Waals surface area contributed by atoms with Gasteiger partial charge in [-0.1, -0.05) is 6.92 Å². The van der Waals surface area contributed by atoms with Crippen LogP contribution in [-0.2, 0) is 11.3 Å². The highest BCUT2D eigenvalue weighted by molar-refractivity contribution is 7.11. The van der Waals surface area contributed by atoms with Crippen molar-refractivity contribution in [1.82, 2.24) is 4.98 Å². The van der Waals surface area contributed by atoms with Crippen molar-refractivity contribution < 1.29 is 4.74 Å². The number of hydrogen-bond acceptors (Lipinski definition) is 3. The Bertz CT molecular complexity index is 210.